The largest absolute Gasteiger partial charge is 0.396 e. The van der Waals surface area contributed by atoms with Crippen LogP contribution < -0.4 is 5.32 Å². The van der Waals surface area contributed by atoms with Crippen LogP contribution >= 0.6 is 0 Å². The van der Waals surface area contributed by atoms with E-state index in [0.717, 1.165) is 6.42 Å². The zero-order valence-electron chi connectivity index (χ0n) is 12.9. The summed E-state index contributed by atoms with van der Waals surface area (Å²) in [5.74, 6) is 0. The molecule has 1 fully saturated rings. The van der Waals surface area contributed by atoms with E-state index in [1.807, 2.05) is 0 Å². The molecule has 18 heavy (non-hydrogen) atoms. The quantitative estimate of drug-likeness (QED) is 0.792. The van der Waals surface area contributed by atoms with Crippen molar-refractivity contribution in [1.82, 2.24) is 10.2 Å². The second kappa shape index (κ2) is 6.88. The average molecular weight is 256 g/mol. The highest BCUT2D eigenvalue weighted by atomic mass is 16.3. The lowest BCUT2D eigenvalue weighted by Crippen LogP contribution is -2.51. The fraction of sp³-hybridized carbons (Fsp3) is 1.00. The zero-order chi connectivity index (χ0) is 13.8. The van der Waals surface area contributed by atoms with Crippen LogP contribution in [0.3, 0.4) is 0 Å². The van der Waals surface area contributed by atoms with E-state index in [0.29, 0.717) is 18.1 Å². The predicted molar refractivity (Wildman–Crippen MR) is 77.8 cm³/mol. The fourth-order valence-corrected chi connectivity index (χ4v) is 2.76. The highest BCUT2D eigenvalue weighted by Crippen LogP contribution is 2.24. The first-order valence-electron chi connectivity index (χ1n) is 7.45. The summed E-state index contributed by atoms with van der Waals surface area (Å²) in [7, 11) is 0. The molecule has 1 aliphatic heterocycles. The first-order valence-corrected chi connectivity index (χ1v) is 7.45. The molecule has 0 aliphatic carbocycles. The number of aliphatic hydroxyl groups excluding tert-OH is 1. The van der Waals surface area contributed by atoms with E-state index < -0.39 is 0 Å². The maximum atomic E-state index is 9.20. The summed E-state index contributed by atoms with van der Waals surface area (Å²) in [5, 5.41) is 13.0. The van der Waals surface area contributed by atoms with Gasteiger partial charge in [0.15, 0.2) is 0 Å². The summed E-state index contributed by atoms with van der Waals surface area (Å²) >= 11 is 0. The van der Waals surface area contributed by atoms with Crippen molar-refractivity contribution in [3.8, 4) is 0 Å². The summed E-state index contributed by atoms with van der Waals surface area (Å²) in [6.07, 6.45) is 3.32. The van der Waals surface area contributed by atoms with Gasteiger partial charge >= 0.3 is 0 Å². The lowest BCUT2D eigenvalue weighted by atomic mass is 9.84. The van der Waals surface area contributed by atoms with Crippen LogP contribution in [-0.2, 0) is 0 Å². The number of rotatable bonds is 5. The molecule has 0 spiro atoms. The molecule has 0 aromatic rings. The molecule has 0 radical (unpaired) electrons. The number of likely N-dealkylation sites (tertiary alicyclic amines) is 1. The van der Waals surface area contributed by atoms with Crippen LogP contribution in [0.25, 0.3) is 0 Å². The van der Waals surface area contributed by atoms with Crippen molar-refractivity contribution in [3.05, 3.63) is 0 Å². The molecular weight excluding hydrogens is 224 g/mol. The first kappa shape index (κ1) is 15.9. The van der Waals surface area contributed by atoms with Crippen LogP contribution in [0.2, 0.25) is 0 Å². The highest BCUT2D eigenvalue weighted by molar-refractivity contribution is 4.86. The molecule has 1 saturated heterocycles. The maximum absolute atomic E-state index is 9.20. The Hall–Kier alpha value is -0.120. The molecule has 0 bridgehead atoms. The van der Waals surface area contributed by atoms with Crippen LogP contribution in [0.4, 0.5) is 0 Å². The van der Waals surface area contributed by atoms with E-state index in [2.05, 4.69) is 44.8 Å². The highest BCUT2D eigenvalue weighted by Gasteiger charge is 2.28. The second-order valence-corrected chi connectivity index (χ2v) is 7.00. The molecule has 3 nitrogen and oxygen atoms in total. The minimum absolute atomic E-state index is 0.220. The van der Waals surface area contributed by atoms with Crippen molar-refractivity contribution in [1.29, 1.82) is 0 Å². The molecule has 0 aromatic heterocycles. The van der Waals surface area contributed by atoms with Crippen LogP contribution in [0.1, 0.15) is 53.9 Å². The van der Waals surface area contributed by atoms with Crippen LogP contribution in [0.5, 0.6) is 0 Å². The van der Waals surface area contributed by atoms with E-state index >= 15 is 0 Å². The molecule has 1 unspecified atom stereocenters. The average Bonchev–Trinajstić information content (AvgIpc) is 2.28. The second-order valence-electron chi connectivity index (χ2n) is 7.00. The SMILES string of the molecule is CC(C)N1CCC(NC(CCO)C(C)(C)C)CC1. The van der Waals surface area contributed by atoms with Crippen LogP contribution in [0.15, 0.2) is 0 Å². The Kier molecular flexibility index (Phi) is 6.09. The van der Waals surface area contributed by atoms with Gasteiger partial charge in [0.05, 0.1) is 0 Å². The van der Waals surface area contributed by atoms with Crippen LogP contribution in [-0.4, -0.2) is 47.8 Å². The summed E-state index contributed by atoms with van der Waals surface area (Å²) in [5.41, 5.74) is 0.220. The maximum Gasteiger partial charge on any atom is 0.0446 e. The number of piperidine rings is 1. The van der Waals surface area contributed by atoms with Crippen molar-refractivity contribution >= 4 is 0 Å². The van der Waals surface area contributed by atoms with Gasteiger partial charge in [0.2, 0.25) is 0 Å². The van der Waals surface area contributed by atoms with Crippen molar-refractivity contribution < 1.29 is 5.11 Å². The van der Waals surface area contributed by atoms with E-state index in [1.54, 1.807) is 0 Å². The zero-order valence-corrected chi connectivity index (χ0v) is 12.9. The molecule has 2 N–H and O–H groups in total. The summed E-state index contributed by atoms with van der Waals surface area (Å²) in [4.78, 5) is 2.55. The van der Waals surface area contributed by atoms with Gasteiger partial charge in [-0.1, -0.05) is 20.8 Å². The molecule has 0 aromatic carbocycles. The number of hydrogen-bond acceptors (Lipinski definition) is 3. The Morgan fingerprint density at radius 2 is 1.78 bits per heavy atom. The number of hydrogen-bond donors (Lipinski definition) is 2. The van der Waals surface area contributed by atoms with Gasteiger partial charge in [0.1, 0.15) is 0 Å². The van der Waals surface area contributed by atoms with E-state index in [1.165, 1.54) is 25.9 Å². The lowest BCUT2D eigenvalue weighted by molar-refractivity contribution is 0.130. The Bertz CT molecular complexity index is 227. The number of nitrogens with zero attached hydrogens (tertiary/aromatic N) is 1. The minimum atomic E-state index is 0.220. The molecule has 1 aliphatic rings. The molecule has 0 saturated carbocycles. The summed E-state index contributed by atoms with van der Waals surface area (Å²) < 4.78 is 0. The van der Waals surface area contributed by atoms with Gasteiger partial charge in [-0.3, -0.25) is 0 Å². The Morgan fingerprint density at radius 3 is 2.17 bits per heavy atom. The van der Waals surface area contributed by atoms with E-state index in [-0.39, 0.29) is 12.0 Å². The predicted octanol–water partition coefficient (Wildman–Crippen LogP) is 2.25. The van der Waals surface area contributed by atoms with Crippen molar-refractivity contribution in [3.63, 3.8) is 0 Å². The fourth-order valence-electron chi connectivity index (χ4n) is 2.76. The van der Waals surface area contributed by atoms with Gasteiger partial charge in [-0.2, -0.15) is 0 Å². The number of aliphatic hydroxyl groups is 1. The summed E-state index contributed by atoms with van der Waals surface area (Å²) in [6, 6.07) is 1.70. The van der Waals surface area contributed by atoms with Gasteiger partial charge in [0.25, 0.3) is 0 Å². The van der Waals surface area contributed by atoms with Crippen molar-refractivity contribution in [2.24, 2.45) is 5.41 Å². The molecule has 1 atom stereocenters. The Labute approximate surface area is 113 Å². The number of nitrogens with one attached hydrogen (secondary N) is 1. The van der Waals surface area contributed by atoms with E-state index in [9.17, 15) is 5.11 Å². The molecule has 3 heteroatoms. The topological polar surface area (TPSA) is 35.5 Å². The third kappa shape index (κ3) is 4.87. The van der Waals surface area contributed by atoms with Gasteiger partial charge in [0, 0.05) is 24.7 Å². The lowest BCUT2D eigenvalue weighted by Gasteiger charge is -2.39. The Morgan fingerprint density at radius 1 is 1.22 bits per heavy atom. The van der Waals surface area contributed by atoms with Gasteiger partial charge < -0.3 is 15.3 Å². The monoisotopic (exact) mass is 256 g/mol. The molecule has 1 heterocycles. The van der Waals surface area contributed by atoms with Gasteiger partial charge in [-0.25, -0.2) is 0 Å². The Balaban J connectivity index is 2.42. The normalized spacial score (nSPS) is 21.5. The molecular formula is C15H32N2O. The summed E-state index contributed by atoms with van der Waals surface area (Å²) in [6.45, 7) is 14.0. The molecule has 108 valence electrons. The smallest absolute Gasteiger partial charge is 0.0446 e. The standard InChI is InChI=1S/C15H32N2O/c1-12(2)17-9-6-13(7-10-17)16-14(8-11-18)15(3,4)5/h12-14,16,18H,6-11H2,1-5H3. The molecule has 1 rings (SSSR count). The van der Waals surface area contributed by atoms with Crippen molar-refractivity contribution in [2.45, 2.75) is 72.0 Å². The minimum Gasteiger partial charge on any atom is -0.396 e. The van der Waals surface area contributed by atoms with Crippen molar-refractivity contribution in [2.75, 3.05) is 19.7 Å². The third-order valence-corrected chi connectivity index (χ3v) is 4.16. The first-order chi connectivity index (χ1) is 8.34. The van der Waals surface area contributed by atoms with Crippen LogP contribution in [0, 0.1) is 5.41 Å². The van der Waals surface area contributed by atoms with Gasteiger partial charge in [-0.15, -0.1) is 0 Å². The van der Waals surface area contributed by atoms with Gasteiger partial charge in [-0.05, 0) is 51.6 Å². The third-order valence-electron chi connectivity index (χ3n) is 4.16. The van der Waals surface area contributed by atoms with E-state index in [4.69, 9.17) is 0 Å². The molecule has 0 amide bonds.